The summed E-state index contributed by atoms with van der Waals surface area (Å²) in [5, 5.41) is 1.36. The summed E-state index contributed by atoms with van der Waals surface area (Å²) in [6.45, 7) is 0.412. The van der Waals surface area contributed by atoms with E-state index in [0.717, 1.165) is 10.5 Å². The maximum absolute atomic E-state index is 14.9. The Bertz CT molecular complexity index is 1030. The summed E-state index contributed by atoms with van der Waals surface area (Å²) in [5.74, 6) is -0.376. The van der Waals surface area contributed by atoms with Gasteiger partial charge in [0.2, 0.25) is 5.91 Å². The first kappa shape index (κ1) is 20.1. The molecular weight excluding hydrogens is 397 g/mol. The summed E-state index contributed by atoms with van der Waals surface area (Å²) in [7, 11) is -3.27. The van der Waals surface area contributed by atoms with Gasteiger partial charge in [-0.05, 0) is 5.56 Å². The largest absolute Gasteiger partial charge is 0.447 e. The van der Waals surface area contributed by atoms with E-state index in [9.17, 15) is 14.2 Å². The minimum atomic E-state index is -3.27. The van der Waals surface area contributed by atoms with Crippen molar-refractivity contribution in [2.24, 2.45) is 0 Å². The molecule has 0 unspecified atom stereocenters. The van der Waals surface area contributed by atoms with Gasteiger partial charge in [-0.15, -0.1) is 0 Å². The Balaban J connectivity index is 1.85. The van der Waals surface area contributed by atoms with Crippen molar-refractivity contribution in [3.05, 3.63) is 96.6 Å². The number of amides is 2. The van der Waals surface area contributed by atoms with E-state index in [0.29, 0.717) is 10.6 Å². The topological polar surface area (TPSA) is 63.7 Å². The van der Waals surface area contributed by atoms with Crippen LogP contribution in [-0.2, 0) is 14.1 Å². The molecule has 4 rings (SSSR count). The highest BCUT2D eigenvalue weighted by atomic mass is 31.2. The predicted octanol–water partition coefficient (Wildman–Crippen LogP) is 4.11. The number of imide groups is 1. The lowest BCUT2D eigenvalue weighted by molar-refractivity contribution is -0.127. The van der Waals surface area contributed by atoms with Gasteiger partial charge >= 0.3 is 6.09 Å². The third-order valence-corrected chi connectivity index (χ3v) is 8.82. The van der Waals surface area contributed by atoms with Gasteiger partial charge < -0.3 is 9.30 Å². The van der Waals surface area contributed by atoms with Crippen LogP contribution in [0, 0.1) is 0 Å². The summed E-state index contributed by atoms with van der Waals surface area (Å²) in [6.07, 6.45) is -0.693. The number of rotatable bonds is 6. The highest BCUT2D eigenvalue weighted by molar-refractivity contribution is 7.79. The fraction of sp³-hybridized carbons (Fsp3) is 0.167. The summed E-state index contributed by atoms with van der Waals surface area (Å²) >= 11 is 0. The molecule has 1 aliphatic rings. The summed E-state index contributed by atoms with van der Waals surface area (Å²) in [5.41, 5.74) is 0.193. The quantitative estimate of drug-likeness (QED) is 0.564. The Kier molecular flexibility index (Phi) is 5.82. The Morgan fingerprint density at radius 2 is 1.37 bits per heavy atom. The van der Waals surface area contributed by atoms with Crippen molar-refractivity contribution >= 4 is 29.8 Å². The van der Waals surface area contributed by atoms with Crippen LogP contribution in [0.4, 0.5) is 4.79 Å². The normalized spacial score (nSPS) is 14.9. The fourth-order valence-electron chi connectivity index (χ4n) is 3.83. The second-order valence-electron chi connectivity index (χ2n) is 7.12. The number of hydrogen-bond donors (Lipinski definition) is 0. The Labute approximate surface area is 175 Å². The first-order valence-electron chi connectivity index (χ1n) is 9.84. The van der Waals surface area contributed by atoms with Crippen molar-refractivity contribution in [2.75, 3.05) is 13.2 Å². The van der Waals surface area contributed by atoms with E-state index in [4.69, 9.17) is 4.74 Å². The molecule has 0 aliphatic carbocycles. The predicted molar refractivity (Wildman–Crippen MR) is 117 cm³/mol. The molecule has 1 fully saturated rings. The molecular formula is C24H22NO4P. The van der Waals surface area contributed by atoms with Gasteiger partial charge in [-0.2, -0.15) is 0 Å². The second-order valence-corrected chi connectivity index (χ2v) is 10.1. The number of carbonyl (C=O) groups excluding carboxylic acids is 2. The smallest absolute Gasteiger partial charge is 0.416 e. The van der Waals surface area contributed by atoms with Crippen molar-refractivity contribution in [1.29, 1.82) is 0 Å². The SMILES string of the molecule is O=C(C[C@@H](c1ccccc1)P(=O)(c1ccccc1)c1ccccc1)N1CCOC1=O. The lowest BCUT2D eigenvalue weighted by Gasteiger charge is -2.29. The minimum Gasteiger partial charge on any atom is -0.447 e. The van der Waals surface area contributed by atoms with Crippen LogP contribution in [-0.4, -0.2) is 30.1 Å². The average Bonchev–Trinajstić information content (AvgIpc) is 3.24. The van der Waals surface area contributed by atoms with Crippen LogP contribution < -0.4 is 10.6 Å². The molecule has 2 amide bonds. The first-order chi connectivity index (χ1) is 14.6. The number of ether oxygens (including phenoxy) is 1. The van der Waals surface area contributed by atoms with E-state index in [1.807, 2.05) is 91.0 Å². The summed E-state index contributed by atoms with van der Waals surface area (Å²) < 4.78 is 19.8. The van der Waals surface area contributed by atoms with Crippen LogP contribution in [0.2, 0.25) is 0 Å². The molecule has 1 atom stereocenters. The molecule has 0 aromatic heterocycles. The summed E-state index contributed by atoms with van der Waals surface area (Å²) in [4.78, 5) is 26.1. The van der Waals surface area contributed by atoms with Gasteiger partial charge in [-0.3, -0.25) is 4.79 Å². The van der Waals surface area contributed by atoms with Gasteiger partial charge in [-0.25, -0.2) is 9.69 Å². The molecule has 5 nitrogen and oxygen atoms in total. The molecule has 1 heterocycles. The van der Waals surface area contributed by atoms with Gasteiger partial charge in [0.05, 0.1) is 12.2 Å². The molecule has 0 radical (unpaired) electrons. The van der Waals surface area contributed by atoms with Crippen LogP contribution in [0.1, 0.15) is 17.6 Å². The van der Waals surface area contributed by atoms with Gasteiger partial charge in [-0.1, -0.05) is 91.0 Å². The molecule has 3 aromatic rings. The first-order valence-corrected chi connectivity index (χ1v) is 11.6. The van der Waals surface area contributed by atoms with Crippen LogP contribution in [0.15, 0.2) is 91.0 Å². The van der Waals surface area contributed by atoms with Crippen LogP contribution in [0.25, 0.3) is 0 Å². The third-order valence-electron chi connectivity index (χ3n) is 5.33. The zero-order valence-corrected chi connectivity index (χ0v) is 17.3. The van der Waals surface area contributed by atoms with Gasteiger partial charge in [0.25, 0.3) is 0 Å². The van der Waals surface area contributed by atoms with Crippen molar-refractivity contribution in [1.82, 2.24) is 4.90 Å². The van der Waals surface area contributed by atoms with Gasteiger partial charge in [0, 0.05) is 17.0 Å². The van der Waals surface area contributed by atoms with E-state index < -0.39 is 18.9 Å². The van der Waals surface area contributed by atoms with E-state index in [1.54, 1.807) is 0 Å². The lowest BCUT2D eigenvalue weighted by atomic mass is 10.1. The zero-order valence-electron chi connectivity index (χ0n) is 16.4. The monoisotopic (exact) mass is 419 g/mol. The number of nitrogens with zero attached hydrogens (tertiary/aromatic N) is 1. The van der Waals surface area contributed by atoms with Crippen molar-refractivity contribution in [3.63, 3.8) is 0 Å². The molecule has 152 valence electrons. The molecule has 1 saturated heterocycles. The van der Waals surface area contributed by atoms with Crippen LogP contribution in [0.5, 0.6) is 0 Å². The van der Waals surface area contributed by atoms with Gasteiger partial charge in [0.15, 0.2) is 7.14 Å². The van der Waals surface area contributed by atoms with Crippen LogP contribution in [0.3, 0.4) is 0 Å². The zero-order chi connectivity index (χ0) is 21.0. The highest BCUT2D eigenvalue weighted by Gasteiger charge is 2.41. The Morgan fingerprint density at radius 3 is 1.83 bits per heavy atom. The van der Waals surface area contributed by atoms with E-state index in [1.165, 1.54) is 0 Å². The maximum atomic E-state index is 14.9. The number of carbonyl (C=O) groups is 2. The average molecular weight is 419 g/mol. The standard InChI is InChI=1S/C24H22NO4P/c26-23(25-16-17-29-24(25)27)18-22(19-10-4-1-5-11-19)30(28,20-12-6-2-7-13-20)21-14-8-3-9-15-21/h1-15,22H,16-18H2/t22-/m0/s1. The number of cyclic esters (lactones) is 1. The molecule has 0 N–H and O–H groups in total. The Hall–Kier alpha value is -3.17. The maximum Gasteiger partial charge on any atom is 0.416 e. The van der Waals surface area contributed by atoms with Crippen molar-refractivity contribution in [2.45, 2.75) is 12.1 Å². The molecule has 1 aliphatic heterocycles. The molecule has 0 spiro atoms. The number of benzene rings is 3. The number of hydrogen-bond acceptors (Lipinski definition) is 4. The molecule has 6 heteroatoms. The van der Waals surface area contributed by atoms with E-state index in [2.05, 4.69) is 0 Å². The highest BCUT2D eigenvalue weighted by Crippen LogP contribution is 2.58. The fourth-order valence-corrected chi connectivity index (χ4v) is 7.09. The molecule has 30 heavy (non-hydrogen) atoms. The van der Waals surface area contributed by atoms with E-state index >= 15 is 0 Å². The molecule has 3 aromatic carbocycles. The Morgan fingerprint density at radius 1 is 0.867 bits per heavy atom. The minimum absolute atomic E-state index is 0.0554. The van der Waals surface area contributed by atoms with Gasteiger partial charge in [0.1, 0.15) is 6.61 Å². The summed E-state index contributed by atoms with van der Waals surface area (Å²) in [6, 6.07) is 28.0. The molecule has 0 saturated carbocycles. The second kappa shape index (κ2) is 8.68. The third kappa shape index (κ3) is 3.81. The van der Waals surface area contributed by atoms with E-state index in [-0.39, 0.29) is 25.5 Å². The lowest BCUT2D eigenvalue weighted by Crippen LogP contribution is -2.34. The van der Waals surface area contributed by atoms with Crippen molar-refractivity contribution < 1.29 is 18.9 Å². The van der Waals surface area contributed by atoms with Crippen LogP contribution >= 0.6 is 7.14 Å². The van der Waals surface area contributed by atoms with Crippen molar-refractivity contribution in [3.8, 4) is 0 Å². The molecule has 0 bridgehead atoms.